The Bertz CT molecular complexity index is 913. The average molecular weight is 351 g/mol. The molecule has 2 amide bonds. The Morgan fingerprint density at radius 3 is 2.96 bits per heavy atom. The van der Waals surface area contributed by atoms with Crippen molar-refractivity contribution in [1.82, 2.24) is 15.2 Å². The van der Waals surface area contributed by atoms with Gasteiger partial charge < -0.3 is 19.6 Å². The third kappa shape index (κ3) is 3.10. The van der Waals surface area contributed by atoms with Crippen molar-refractivity contribution < 1.29 is 14.0 Å². The van der Waals surface area contributed by atoms with Crippen LogP contribution in [0.5, 0.6) is 0 Å². The van der Waals surface area contributed by atoms with Crippen LogP contribution in [0.15, 0.2) is 53.3 Å². The minimum Gasteiger partial charge on any atom is -0.459 e. The minimum absolute atomic E-state index is 0.0951. The van der Waals surface area contributed by atoms with Gasteiger partial charge in [-0.15, -0.1) is 0 Å². The van der Waals surface area contributed by atoms with Gasteiger partial charge in [0, 0.05) is 30.2 Å². The molecular formula is C20H21N3O3. The summed E-state index contributed by atoms with van der Waals surface area (Å²) in [6.07, 6.45) is 5.71. The Morgan fingerprint density at radius 1 is 1.23 bits per heavy atom. The maximum atomic E-state index is 12.6. The zero-order valence-corrected chi connectivity index (χ0v) is 14.4. The molecule has 1 aliphatic heterocycles. The van der Waals surface area contributed by atoms with Crippen molar-refractivity contribution in [2.75, 3.05) is 13.1 Å². The number of likely N-dealkylation sites (tertiary alicyclic amines) is 1. The van der Waals surface area contributed by atoms with Crippen molar-refractivity contribution in [3.05, 3.63) is 60.2 Å². The summed E-state index contributed by atoms with van der Waals surface area (Å²) in [5.41, 5.74) is 2.27. The molecule has 0 radical (unpaired) electrons. The molecule has 0 spiro atoms. The van der Waals surface area contributed by atoms with Gasteiger partial charge in [-0.2, -0.15) is 0 Å². The molecule has 0 bridgehead atoms. The van der Waals surface area contributed by atoms with Crippen molar-refractivity contribution in [2.24, 2.45) is 0 Å². The van der Waals surface area contributed by atoms with Crippen LogP contribution in [0.3, 0.4) is 0 Å². The number of amides is 2. The van der Waals surface area contributed by atoms with Crippen LogP contribution in [0.25, 0.3) is 10.9 Å². The standard InChI is InChI=1S/C20H21N3O3/c24-19(17-7-3-11-23(17)20(25)18-8-4-12-26-18)21-10-9-14-13-22-16-6-2-1-5-15(14)16/h1-2,4-6,8,12-13,17,22H,3,7,9-11H2,(H,21,24). The van der Waals surface area contributed by atoms with Crippen LogP contribution in [-0.4, -0.2) is 40.8 Å². The number of hydrogen-bond acceptors (Lipinski definition) is 3. The topological polar surface area (TPSA) is 78.3 Å². The molecule has 1 aromatic carbocycles. The highest BCUT2D eigenvalue weighted by Gasteiger charge is 2.35. The molecule has 6 heteroatoms. The molecule has 4 rings (SSSR count). The van der Waals surface area contributed by atoms with Crippen molar-refractivity contribution in [2.45, 2.75) is 25.3 Å². The summed E-state index contributed by atoms with van der Waals surface area (Å²) in [5.74, 6) is -0.0324. The summed E-state index contributed by atoms with van der Waals surface area (Å²) in [7, 11) is 0. The van der Waals surface area contributed by atoms with Gasteiger partial charge in [0.25, 0.3) is 5.91 Å². The number of hydrogen-bond donors (Lipinski definition) is 2. The molecule has 2 N–H and O–H groups in total. The van der Waals surface area contributed by atoms with E-state index in [9.17, 15) is 9.59 Å². The summed E-state index contributed by atoms with van der Waals surface area (Å²) < 4.78 is 5.18. The van der Waals surface area contributed by atoms with E-state index in [4.69, 9.17) is 4.42 Å². The number of fused-ring (bicyclic) bond motifs is 1. The number of carbonyl (C=O) groups is 2. The quantitative estimate of drug-likeness (QED) is 0.742. The first kappa shape index (κ1) is 16.4. The number of nitrogens with one attached hydrogen (secondary N) is 2. The monoisotopic (exact) mass is 351 g/mol. The lowest BCUT2D eigenvalue weighted by Gasteiger charge is -2.23. The molecule has 26 heavy (non-hydrogen) atoms. The third-order valence-electron chi connectivity index (χ3n) is 4.92. The summed E-state index contributed by atoms with van der Waals surface area (Å²) >= 11 is 0. The summed E-state index contributed by atoms with van der Waals surface area (Å²) in [6, 6.07) is 11.0. The highest BCUT2D eigenvalue weighted by Crippen LogP contribution is 2.21. The van der Waals surface area contributed by atoms with Crippen LogP contribution >= 0.6 is 0 Å². The first-order valence-electron chi connectivity index (χ1n) is 8.91. The fraction of sp³-hybridized carbons (Fsp3) is 0.300. The van der Waals surface area contributed by atoms with Crippen molar-refractivity contribution in [3.8, 4) is 0 Å². The molecule has 134 valence electrons. The first-order chi connectivity index (χ1) is 12.7. The molecule has 6 nitrogen and oxygen atoms in total. The summed E-state index contributed by atoms with van der Waals surface area (Å²) in [6.45, 7) is 1.13. The maximum Gasteiger partial charge on any atom is 0.290 e. The van der Waals surface area contributed by atoms with Crippen LogP contribution in [-0.2, 0) is 11.2 Å². The van der Waals surface area contributed by atoms with Gasteiger partial charge in [0.05, 0.1) is 6.26 Å². The van der Waals surface area contributed by atoms with Gasteiger partial charge in [0.1, 0.15) is 6.04 Å². The van der Waals surface area contributed by atoms with Gasteiger partial charge in [-0.25, -0.2) is 0 Å². The van der Waals surface area contributed by atoms with Crippen LogP contribution in [0, 0.1) is 0 Å². The van der Waals surface area contributed by atoms with Crippen molar-refractivity contribution in [1.29, 1.82) is 0 Å². The lowest BCUT2D eigenvalue weighted by molar-refractivity contribution is -0.124. The van der Waals surface area contributed by atoms with E-state index < -0.39 is 6.04 Å². The zero-order valence-electron chi connectivity index (χ0n) is 14.4. The number of furan rings is 1. The first-order valence-corrected chi connectivity index (χ1v) is 8.91. The molecule has 1 aliphatic rings. The SMILES string of the molecule is O=C(NCCc1c[nH]c2ccccc12)C1CCCN1C(=O)c1ccco1. The van der Waals surface area contributed by atoms with Gasteiger partial charge in [0.15, 0.2) is 5.76 Å². The fourth-order valence-corrected chi connectivity index (χ4v) is 3.60. The Hall–Kier alpha value is -3.02. The Labute approximate surface area is 151 Å². The smallest absolute Gasteiger partial charge is 0.290 e. The summed E-state index contributed by atoms with van der Waals surface area (Å²) in [5, 5.41) is 4.16. The molecule has 0 saturated carbocycles. The number of aromatic amines is 1. The Morgan fingerprint density at radius 2 is 2.12 bits per heavy atom. The maximum absolute atomic E-state index is 12.6. The van der Waals surface area contributed by atoms with E-state index in [2.05, 4.69) is 16.4 Å². The molecule has 0 aliphatic carbocycles. The predicted molar refractivity (Wildman–Crippen MR) is 97.8 cm³/mol. The zero-order chi connectivity index (χ0) is 17.9. The number of aromatic nitrogens is 1. The van der Waals surface area contributed by atoms with Crippen molar-refractivity contribution in [3.63, 3.8) is 0 Å². The molecule has 2 aromatic heterocycles. The Kier molecular flexibility index (Phi) is 4.48. The molecule has 1 unspecified atom stereocenters. The normalized spacial score (nSPS) is 16.9. The molecular weight excluding hydrogens is 330 g/mol. The number of benzene rings is 1. The number of para-hydroxylation sites is 1. The van der Waals surface area contributed by atoms with Crippen LogP contribution in [0.4, 0.5) is 0 Å². The molecule has 1 atom stereocenters. The van der Waals surface area contributed by atoms with Gasteiger partial charge in [-0.1, -0.05) is 18.2 Å². The van der Waals surface area contributed by atoms with E-state index in [0.717, 1.165) is 18.4 Å². The third-order valence-corrected chi connectivity index (χ3v) is 4.92. The van der Waals surface area contributed by atoms with Gasteiger partial charge in [-0.3, -0.25) is 9.59 Å². The van der Waals surface area contributed by atoms with Gasteiger partial charge in [-0.05, 0) is 43.0 Å². The number of H-pyrrole nitrogens is 1. The van der Waals surface area contributed by atoms with Crippen LogP contribution < -0.4 is 5.32 Å². The van der Waals surface area contributed by atoms with E-state index in [-0.39, 0.29) is 17.6 Å². The van der Waals surface area contributed by atoms with E-state index in [0.29, 0.717) is 19.5 Å². The molecule has 3 heterocycles. The second-order valence-corrected chi connectivity index (χ2v) is 6.53. The molecule has 1 saturated heterocycles. The lowest BCUT2D eigenvalue weighted by Crippen LogP contribution is -2.46. The molecule has 1 fully saturated rings. The van der Waals surface area contributed by atoms with Gasteiger partial charge >= 0.3 is 0 Å². The van der Waals surface area contributed by atoms with E-state index in [1.165, 1.54) is 17.2 Å². The highest BCUT2D eigenvalue weighted by atomic mass is 16.3. The lowest BCUT2D eigenvalue weighted by atomic mass is 10.1. The molecule has 3 aromatic rings. The second kappa shape index (κ2) is 7.07. The second-order valence-electron chi connectivity index (χ2n) is 6.53. The van der Waals surface area contributed by atoms with Crippen LogP contribution in [0.1, 0.15) is 29.0 Å². The van der Waals surface area contributed by atoms with Gasteiger partial charge in [0.2, 0.25) is 5.91 Å². The minimum atomic E-state index is -0.421. The number of carbonyl (C=O) groups excluding carboxylic acids is 2. The summed E-state index contributed by atoms with van der Waals surface area (Å²) in [4.78, 5) is 29.9. The highest BCUT2D eigenvalue weighted by molar-refractivity contribution is 5.96. The van der Waals surface area contributed by atoms with E-state index >= 15 is 0 Å². The Balaban J connectivity index is 1.36. The van der Waals surface area contributed by atoms with Crippen molar-refractivity contribution >= 4 is 22.7 Å². The fourth-order valence-electron chi connectivity index (χ4n) is 3.60. The van der Waals surface area contributed by atoms with E-state index in [1.807, 2.05) is 24.4 Å². The van der Waals surface area contributed by atoms with Crippen LogP contribution in [0.2, 0.25) is 0 Å². The predicted octanol–water partition coefficient (Wildman–Crippen LogP) is 2.72. The number of nitrogens with zero attached hydrogens (tertiary/aromatic N) is 1. The largest absolute Gasteiger partial charge is 0.459 e. The number of rotatable bonds is 5. The van der Waals surface area contributed by atoms with E-state index in [1.54, 1.807) is 17.0 Å². The average Bonchev–Trinajstić information content (AvgIpc) is 3.41.